The summed E-state index contributed by atoms with van der Waals surface area (Å²) < 4.78 is 40.3. The third-order valence-electron chi connectivity index (χ3n) is 5.31. The minimum absolute atomic E-state index is 0.167. The number of carbonyl (C=O) groups is 2. The standard InChI is InChI=1S/C21H15F3N6O2S/c22-21(23,24)16-7-17(27-11-26-16)28-19(31)13-10-33-15-9-29(6-4-12(13)15)20(32)14-8-25-18-3-1-2-5-30(14)18/h1-3,5,7-8,10-11H,4,6,9H2,(H,26,27,28,31). The molecule has 0 bridgehead atoms. The fraction of sp³-hybridized carbons (Fsp3) is 0.190. The Labute approximate surface area is 188 Å². The summed E-state index contributed by atoms with van der Waals surface area (Å²) in [5, 5.41) is 4.05. The lowest BCUT2D eigenvalue weighted by atomic mass is 10.0. The molecule has 0 fully saturated rings. The molecule has 1 aliphatic rings. The number of fused-ring (bicyclic) bond motifs is 2. The van der Waals surface area contributed by atoms with Crippen molar-refractivity contribution in [3.63, 3.8) is 0 Å². The van der Waals surface area contributed by atoms with Gasteiger partial charge in [0.15, 0.2) is 0 Å². The molecule has 1 aliphatic heterocycles. The molecule has 5 rings (SSSR count). The van der Waals surface area contributed by atoms with Gasteiger partial charge in [-0.3, -0.25) is 14.0 Å². The first-order valence-electron chi connectivity index (χ1n) is 9.82. The molecular formula is C21H15F3N6O2S. The molecule has 33 heavy (non-hydrogen) atoms. The zero-order chi connectivity index (χ0) is 23.2. The Morgan fingerprint density at radius 3 is 2.82 bits per heavy atom. The van der Waals surface area contributed by atoms with Gasteiger partial charge in [-0.05, 0) is 24.1 Å². The van der Waals surface area contributed by atoms with Gasteiger partial charge in [-0.2, -0.15) is 13.2 Å². The van der Waals surface area contributed by atoms with E-state index in [-0.39, 0.29) is 11.7 Å². The number of nitrogens with zero attached hydrogens (tertiary/aromatic N) is 5. The number of hydrogen-bond donors (Lipinski definition) is 1. The Morgan fingerprint density at radius 2 is 2.00 bits per heavy atom. The van der Waals surface area contributed by atoms with Crippen LogP contribution in [0.5, 0.6) is 0 Å². The van der Waals surface area contributed by atoms with Gasteiger partial charge in [0.1, 0.15) is 29.2 Å². The highest BCUT2D eigenvalue weighted by molar-refractivity contribution is 7.10. The maximum absolute atomic E-state index is 13.1. The van der Waals surface area contributed by atoms with Crippen molar-refractivity contribution in [2.75, 3.05) is 11.9 Å². The first-order valence-corrected chi connectivity index (χ1v) is 10.7. The van der Waals surface area contributed by atoms with Crippen LogP contribution in [0.1, 0.15) is 37.0 Å². The Hall–Kier alpha value is -3.80. The predicted octanol–water partition coefficient (Wildman–Crippen LogP) is 3.66. The van der Waals surface area contributed by atoms with Gasteiger partial charge in [0.2, 0.25) is 0 Å². The number of aromatic nitrogens is 4. The smallest absolute Gasteiger partial charge is 0.332 e. The second-order valence-electron chi connectivity index (χ2n) is 7.34. The maximum Gasteiger partial charge on any atom is 0.433 e. The van der Waals surface area contributed by atoms with Crippen LogP contribution in [-0.4, -0.2) is 42.6 Å². The molecule has 4 aromatic rings. The molecule has 0 unspecified atom stereocenters. The molecule has 0 aromatic carbocycles. The largest absolute Gasteiger partial charge is 0.433 e. The van der Waals surface area contributed by atoms with E-state index in [4.69, 9.17) is 0 Å². The monoisotopic (exact) mass is 472 g/mol. The second kappa shape index (κ2) is 7.96. The lowest BCUT2D eigenvalue weighted by Gasteiger charge is -2.27. The Morgan fingerprint density at radius 1 is 1.15 bits per heavy atom. The number of halogens is 3. The highest BCUT2D eigenvalue weighted by atomic mass is 32.1. The number of rotatable bonds is 3. The number of anilines is 1. The van der Waals surface area contributed by atoms with Crippen molar-refractivity contribution in [1.29, 1.82) is 0 Å². The first-order chi connectivity index (χ1) is 15.8. The molecule has 0 atom stereocenters. The van der Waals surface area contributed by atoms with Gasteiger partial charge in [-0.1, -0.05) is 6.07 Å². The van der Waals surface area contributed by atoms with Crippen LogP contribution in [-0.2, 0) is 19.1 Å². The molecule has 0 radical (unpaired) electrons. The first kappa shape index (κ1) is 21.1. The minimum atomic E-state index is -4.64. The molecule has 8 nitrogen and oxygen atoms in total. The third-order valence-corrected chi connectivity index (χ3v) is 6.33. The summed E-state index contributed by atoms with van der Waals surface area (Å²) in [5.41, 5.74) is 1.13. The topological polar surface area (TPSA) is 92.5 Å². The maximum atomic E-state index is 13.1. The Bertz CT molecular complexity index is 1380. The van der Waals surface area contributed by atoms with Gasteiger partial charge >= 0.3 is 6.18 Å². The van der Waals surface area contributed by atoms with Gasteiger partial charge in [0.05, 0.1) is 18.3 Å². The van der Waals surface area contributed by atoms with E-state index in [2.05, 4.69) is 20.3 Å². The van der Waals surface area contributed by atoms with Gasteiger partial charge < -0.3 is 10.2 Å². The van der Waals surface area contributed by atoms with Gasteiger partial charge in [0, 0.05) is 29.1 Å². The van der Waals surface area contributed by atoms with Crippen molar-refractivity contribution in [2.24, 2.45) is 0 Å². The van der Waals surface area contributed by atoms with Crippen molar-refractivity contribution in [3.05, 3.63) is 75.8 Å². The van der Waals surface area contributed by atoms with Gasteiger partial charge in [0.25, 0.3) is 11.8 Å². The molecule has 168 valence electrons. The van der Waals surface area contributed by atoms with Crippen LogP contribution in [0.25, 0.3) is 5.65 Å². The fourth-order valence-corrected chi connectivity index (χ4v) is 4.80. The van der Waals surface area contributed by atoms with Crippen molar-refractivity contribution >= 4 is 34.6 Å². The zero-order valence-electron chi connectivity index (χ0n) is 16.8. The second-order valence-corrected chi connectivity index (χ2v) is 8.30. The molecule has 0 spiro atoms. The number of thiophene rings is 1. The minimum Gasteiger partial charge on any atom is -0.332 e. The lowest BCUT2D eigenvalue weighted by Crippen LogP contribution is -2.36. The average molecular weight is 472 g/mol. The van der Waals surface area contributed by atoms with E-state index in [1.54, 1.807) is 20.9 Å². The molecule has 1 N–H and O–H groups in total. The van der Waals surface area contributed by atoms with Crippen LogP contribution < -0.4 is 5.32 Å². The van der Waals surface area contributed by atoms with E-state index in [9.17, 15) is 22.8 Å². The summed E-state index contributed by atoms with van der Waals surface area (Å²) in [6, 6.07) is 6.16. The molecule has 0 aliphatic carbocycles. The van der Waals surface area contributed by atoms with Crippen molar-refractivity contribution in [2.45, 2.75) is 19.1 Å². The summed E-state index contributed by atoms with van der Waals surface area (Å²) in [6.45, 7) is 0.729. The predicted molar refractivity (Wildman–Crippen MR) is 113 cm³/mol. The van der Waals surface area contributed by atoms with Gasteiger partial charge in [-0.15, -0.1) is 11.3 Å². The number of pyridine rings is 1. The number of carbonyl (C=O) groups excluding carboxylic acids is 2. The van der Waals surface area contributed by atoms with Crippen molar-refractivity contribution in [3.8, 4) is 0 Å². The van der Waals surface area contributed by atoms with Crippen LogP contribution in [0.4, 0.5) is 19.0 Å². The molecule has 5 heterocycles. The van der Waals surface area contributed by atoms with Gasteiger partial charge in [-0.25, -0.2) is 15.0 Å². The van der Waals surface area contributed by atoms with Crippen LogP contribution >= 0.6 is 11.3 Å². The van der Waals surface area contributed by atoms with E-state index in [1.807, 2.05) is 18.2 Å². The van der Waals surface area contributed by atoms with Crippen LogP contribution in [0.2, 0.25) is 0 Å². The molecule has 0 saturated carbocycles. The molecule has 2 amide bonds. The molecule has 12 heteroatoms. The normalized spacial score (nSPS) is 13.7. The Kier molecular flexibility index (Phi) is 5.08. The van der Waals surface area contributed by atoms with E-state index < -0.39 is 17.8 Å². The Balaban J connectivity index is 1.33. The van der Waals surface area contributed by atoms with Crippen molar-refractivity contribution < 1.29 is 22.8 Å². The van der Waals surface area contributed by atoms with Crippen molar-refractivity contribution in [1.82, 2.24) is 24.3 Å². The molecule has 4 aromatic heterocycles. The number of hydrogen-bond acceptors (Lipinski definition) is 6. The van der Waals surface area contributed by atoms with Crippen LogP contribution in [0.3, 0.4) is 0 Å². The number of alkyl halides is 3. The third kappa shape index (κ3) is 3.93. The number of nitrogens with one attached hydrogen (secondary N) is 1. The SMILES string of the molecule is O=C(Nc1cc(C(F)(F)F)ncn1)c1csc2c1CCN(C(=O)c1cnc3ccccn13)C2. The summed E-state index contributed by atoms with van der Waals surface area (Å²) in [6.07, 6.45) is -0.124. The number of amides is 2. The summed E-state index contributed by atoms with van der Waals surface area (Å²) in [4.78, 5) is 39.5. The van der Waals surface area contributed by atoms with E-state index in [0.717, 1.165) is 16.8 Å². The zero-order valence-corrected chi connectivity index (χ0v) is 17.7. The quantitative estimate of drug-likeness (QED) is 0.491. The highest BCUT2D eigenvalue weighted by Crippen LogP contribution is 2.31. The average Bonchev–Trinajstić information content (AvgIpc) is 3.42. The van der Waals surface area contributed by atoms with Crippen LogP contribution in [0, 0.1) is 0 Å². The lowest BCUT2D eigenvalue weighted by molar-refractivity contribution is -0.141. The fourth-order valence-electron chi connectivity index (χ4n) is 3.71. The van der Waals surface area contributed by atoms with E-state index >= 15 is 0 Å². The number of imidazole rings is 1. The highest BCUT2D eigenvalue weighted by Gasteiger charge is 2.33. The van der Waals surface area contributed by atoms with E-state index in [1.165, 1.54) is 17.5 Å². The summed E-state index contributed by atoms with van der Waals surface area (Å²) >= 11 is 1.33. The van der Waals surface area contributed by atoms with E-state index in [0.29, 0.717) is 42.5 Å². The molecular weight excluding hydrogens is 457 g/mol. The van der Waals surface area contributed by atoms with Crippen LogP contribution in [0.15, 0.2) is 48.4 Å². The summed E-state index contributed by atoms with van der Waals surface area (Å²) in [7, 11) is 0. The molecule has 0 saturated heterocycles. The summed E-state index contributed by atoms with van der Waals surface area (Å²) in [5.74, 6) is -0.956.